The number of methoxy groups -OCH3 is 1. The van der Waals surface area contributed by atoms with E-state index in [1.54, 1.807) is 31.4 Å². The Bertz CT molecular complexity index is 1500. The van der Waals surface area contributed by atoms with Gasteiger partial charge in [0, 0.05) is 17.3 Å². The summed E-state index contributed by atoms with van der Waals surface area (Å²) in [5.41, 5.74) is 8.30. The molecule has 0 aliphatic heterocycles. The van der Waals surface area contributed by atoms with Crippen molar-refractivity contribution in [3.63, 3.8) is 0 Å². The second-order valence-corrected chi connectivity index (χ2v) is 10.7. The van der Waals surface area contributed by atoms with Crippen LogP contribution < -0.4 is 20.7 Å². The lowest BCUT2D eigenvalue weighted by Gasteiger charge is -2.33. The van der Waals surface area contributed by atoms with Crippen molar-refractivity contribution >= 4 is 34.7 Å². The van der Waals surface area contributed by atoms with E-state index in [1.165, 1.54) is 53.4 Å². The number of hydrogen-bond donors (Lipinski definition) is 2. The maximum absolute atomic E-state index is 14.3. The minimum Gasteiger partial charge on any atom is -0.497 e. The molecule has 1 atom stereocenters. The van der Waals surface area contributed by atoms with Crippen molar-refractivity contribution in [3.05, 3.63) is 94.9 Å². The highest BCUT2D eigenvalue weighted by atomic mass is 32.1. The topological polar surface area (TPSA) is 97.5 Å². The average molecular weight is 577 g/mol. The van der Waals surface area contributed by atoms with E-state index in [2.05, 4.69) is 9.69 Å². The smallest absolute Gasteiger partial charge is 0.273 e. The number of nitrogen functional groups attached to an aromatic ring is 1. The first-order valence-electron chi connectivity index (χ1n) is 13.4. The minimum absolute atomic E-state index is 0.0132. The summed E-state index contributed by atoms with van der Waals surface area (Å²) in [5.74, 6) is -1.23. The number of carbonyl (C=O) groups is 2. The Kier molecular flexibility index (Phi) is 8.58. The molecule has 0 spiro atoms. The van der Waals surface area contributed by atoms with Crippen LogP contribution in [0.25, 0.3) is 11.3 Å². The zero-order chi connectivity index (χ0) is 28.9. The number of anilines is 2. The van der Waals surface area contributed by atoms with Gasteiger partial charge in [0.25, 0.3) is 5.91 Å². The molecule has 0 bridgehead atoms. The van der Waals surface area contributed by atoms with Crippen LogP contribution in [0.5, 0.6) is 5.75 Å². The summed E-state index contributed by atoms with van der Waals surface area (Å²) < 4.78 is 37.2. The Labute approximate surface area is 241 Å². The van der Waals surface area contributed by atoms with E-state index in [0.717, 1.165) is 43.6 Å². The van der Waals surface area contributed by atoms with Crippen LogP contribution in [0.1, 0.15) is 53.4 Å². The summed E-state index contributed by atoms with van der Waals surface area (Å²) in [4.78, 5) is 29.8. The maximum Gasteiger partial charge on any atom is 0.273 e. The lowest BCUT2D eigenvalue weighted by molar-refractivity contribution is -0.123. The molecule has 0 saturated heterocycles. The third-order valence-corrected chi connectivity index (χ3v) is 8.10. The number of carbonyl (C=O) groups excluding carboxylic acids is 2. The predicted octanol–water partition coefficient (Wildman–Crippen LogP) is 6.52. The molecule has 4 aromatic rings. The van der Waals surface area contributed by atoms with Gasteiger partial charge in [0.2, 0.25) is 5.91 Å². The predicted molar refractivity (Wildman–Crippen MR) is 156 cm³/mol. The summed E-state index contributed by atoms with van der Waals surface area (Å²) in [7, 11) is 1.54. The molecule has 0 unspecified atom stereocenters. The second-order valence-electron chi connectivity index (χ2n) is 9.95. The van der Waals surface area contributed by atoms with Crippen LogP contribution in [-0.4, -0.2) is 29.3 Å². The van der Waals surface area contributed by atoms with Gasteiger partial charge in [0.15, 0.2) is 0 Å². The van der Waals surface area contributed by atoms with Crippen LogP contribution in [0.3, 0.4) is 0 Å². The van der Waals surface area contributed by atoms with E-state index in [-0.39, 0.29) is 22.5 Å². The number of amides is 2. The number of nitrogens with one attached hydrogen (secondary N) is 1. The third kappa shape index (κ3) is 6.22. The summed E-state index contributed by atoms with van der Waals surface area (Å²) in [6, 6.07) is 16.8. The van der Waals surface area contributed by atoms with Gasteiger partial charge in [-0.1, -0.05) is 31.4 Å². The fourth-order valence-corrected chi connectivity index (χ4v) is 5.85. The molecule has 1 aromatic heterocycles. The number of hydrogen-bond acceptors (Lipinski definition) is 6. The van der Waals surface area contributed by atoms with Gasteiger partial charge in [0.05, 0.1) is 12.8 Å². The number of ether oxygens (including phenoxy) is 1. The van der Waals surface area contributed by atoms with Crippen molar-refractivity contribution in [1.29, 1.82) is 0 Å². The fourth-order valence-electron chi connectivity index (χ4n) is 5.09. The first-order chi connectivity index (χ1) is 19.9. The minimum atomic E-state index is -1.10. The molecule has 212 valence electrons. The van der Waals surface area contributed by atoms with Gasteiger partial charge in [0.1, 0.15) is 34.0 Å². The number of benzene rings is 3. The molecule has 1 fully saturated rings. The molecule has 2 amide bonds. The third-order valence-electron chi connectivity index (χ3n) is 7.25. The van der Waals surface area contributed by atoms with E-state index >= 15 is 0 Å². The van der Waals surface area contributed by atoms with Crippen molar-refractivity contribution in [2.24, 2.45) is 0 Å². The Morgan fingerprint density at radius 2 is 1.56 bits per heavy atom. The monoisotopic (exact) mass is 576 g/mol. The van der Waals surface area contributed by atoms with Gasteiger partial charge in [-0.3, -0.25) is 14.5 Å². The van der Waals surface area contributed by atoms with Gasteiger partial charge in [-0.2, -0.15) is 4.37 Å². The van der Waals surface area contributed by atoms with E-state index < -0.39 is 23.6 Å². The van der Waals surface area contributed by atoms with Crippen molar-refractivity contribution in [3.8, 4) is 17.0 Å². The van der Waals surface area contributed by atoms with Crippen molar-refractivity contribution < 1.29 is 23.1 Å². The van der Waals surface area contributed by atoms with Gasteiger partial charge in [-0.25, -0.2) is 8.78 Å². The van der Waals surface area contributed by atoms with Crippen LogP contribution in [0.4, 0.5) is 20.2 Å². The fraction of sp³-hybridized carbons (Fsp3) is 0.258. The molecule has 1 saturated carbocycles. The highest BCUT2D eigenvalue weighted by molar-refractivity contribution is 7.09. The first-order valence-corrected chi connectivity index (χ1v) is 14.2. The van der Waals surface area contributed by atoms with E-state index in [9.17, 15) is 18.4 Å². The van der Waals surface area contributed by atoms with E-state index in [0.29, 0.717) is 28.3 Å². The standard InChI is InChI=1S/C31H30F2N4O3S/c1-40-25-17-9-20(10-18-25)28(30(38)35-23-5-3-2-4-6-23)37(24-15-13-22(33)14-16-24)31(39)29-26(34)27(36-41-29)19-7-11-21(32)12-8-19/h7-18,23,28H,2-6,34H2,1H3,(H,35,38)/t28-/m0/s1. The molecule has 3 N–H and O–H groups in total. The molecule has 1 heterocycles. The summed E-state index contributed by atoms with van der Waals surface area (Å²) in [6.45, 7) is 0. The lowest BCUT2D eigenvalue weighted by Crippen LogP contribution is -2.47. The average Bonchev–Trinajstić information content (AvgIpc) is 3.38. The van der Waals surface area contributed by atoms with E-state index in [4.69, 9.17) is 10.5 Å². The number of rotatable bonds is 8. The molecular weight excluding hydrogens is 546 g/mol. The molecule has 0 radical (unpaired) electrons. The van der Waals surface area contributed by atoms with Crippen molar-refractivity contribution in [2.45, 2.75) is 44.2 Å². The first kappa shape index (κ1) is 28.2. The number of nitrogens with two attached hydrogens (primary N) is 1. The molecule has 1 aliphatic carbocycles. The van der Waals surface area contributed by atoms with Gasteiger partial charge in [-0.05, 0) is 90.6 Å². The zero-order valence-electron chi connectivity index (χ0n) is 22.5. The van der Waals surface area contributed by atoms with Crippen LogP contribution in [0.2, 0.25) is 0 Å². The molecular formula is C31H30F2N4O3S. The molecule has 7 nitrogen and oxygen atoms in total. The normalized spacial score (nSPS) is 14.3. The van der Waals surface area contributed by atoms with Gasteiger partial charge >= 0.3 is 0 Å². The highest BCUT2D eigenvalue weighted by Gasteiger charge is 2.36. The quantitative estimate of drug-likeness (QED) is 0.249. The summed E-state index contributed by atoms with van der Waals surface area (Å²) in [5, 5.41) is 3.15. The van der Waals surface area contributed by atoms with Gasteiger partial charge < -0.3 is 15.8 Å². The van der Waals surface area contributed by atoms with Crippen LogP contribution in [0, 0.1) is 11.6 Å². The van der Waals surface area contributed by atoms with Crippen LogP contribution >= 0.6 is 11.5 Å². The Hall–Kier alpha value is -4.31. The maximum atomic E-state index is 14.3. The van der Waals surface area contributed by atoms with Crippen molar-refractivity contribution in [2.75, 3.05) is 17.7 Å². The van der Waals surface area contributed by atoms with Crippen LogP contribution in [0.15, 0.2) is 72.8 Å². The Morgan fingerprint density at radius 1 is 0.951 bits per heavy atom. The summed E-state index contributed by atoms with van der Waals surface area (Å²) >= 11 is 0.890. The van der Waals surface area contributed by atoms with Crippen molar-refractivity contribution in [1.82, 2.24) is 9.69 Å². The lowest BCUT2D eigenvalue weighted by atomic mass is 9.94. The molecule has 3 aromatic carbocycles. The molecule has 41 heavy (non-hydrogen) atoms. The van der Waals surface area contributed by atoms with Crippen LogP contribution in [-0.2, 0) is 4.79 Å². The highest BCUT2D eigenvalue weighted by Crippen LogP contribution is 2.37. The Morgan fingerprint density at radius 3 is 2.17 bits per heavy atom. The number of nitrogens with zero attached hydrogens (tertiary/aromatic N) is 2. The number of aromatic nitrogens is 1. The second kappa shape index (κ2) is 12.5. The number of halogens is 2. The molecule has 10 heteroatoms. The zero-order valence-corrected chi connectivity index (χ0v) is 23.3. The molecule has 5 rings (SSSR count). The molecule has 1 aliphatic rings. The largest absolute Gasteiger partial charge is 0.497 e. The van der Waals surface area contributed by atoms with Gasteiger partial charge in [-0.15, -0.1) is 0 Å². The SMILES string of the molecule is COc1ccc([C@@H](C(=O)NC2CCCCC2)N(C(=O)c2snc(-c3ccc(F)cc3)c2N)c2ccc(F)cc2)cc1. The van der Waals surface area contributed by atoms with E-state index in [1.807, 2.05) is 0 Å². The summed E-state index contributed by atoms with van der Waals surface area (Å²) in [6.07, 6.45) is 4.86. The Balaban J connectivity index is 1.60.